The summed E-state index contributed by atoms with van der Waals surface area (Å²) in [6, 6.07) is 19.5. The Labute approximate surface area is 167 Å². The van der Waals surface area contributed by atoms with Crippen LogP contribution in [0.3, 0.4) is 0 Å². The molecule has 1 N–H and O–H groups in total. The molecule has 3 aromatic rings. The molecule has 0 fully saturated rings. The van der Waals surface area contributed by atoms with E-state index in [1.165, 1.54) is 5.56 Å². The average Bonchev–Trinajstić information content (AvgIpc) is 2.70. The molecule has 0 saturated heterocycles. The Kier molecular flexibility index (Phi) is 6.14. The third-order valence-corrected chi connectivity index (χ3v) is 4.73. The van der Waals surface area contributed by atoms with Gasteiger partial charge in [0.25, 0.3) is 0 Å². The van der Waals surface area contributed by atoms with Gasteiger partial charge in [-0.1, -0.05) is 30.3 Å². The van der Waals surface area contributed by atoms with Gasteiger partial charge in [-0.05, 0) is 57.7 Å². The number of aliphatic imine (C=N–C) groups is 1. The predicted molar refractivity (Wildman–Crippen MR) is 112 cm³/mol. The molecule has 4 nitrogen and oxygen atoms in total. The van der Waals surface area contributed by atoms with Crippen molar-refractivity contribution in [3.05, 3.63) is 81.8 Å². The number of phenolic OH excluding ortho intramolecular Hbond substituents is 1. The Morgan fingerprint density at radius 2 is 1.67 bits per heavy atom. The van der Waals surface area contributed by atoms with E-state index in [-0.39, 0.29) is 5.75 Å². The molecule has 0 aliphatic heterocycles. The molecule has 3 rings (SSSR count). The minimum absolute atomic E-state index is 0.163. The highest BCUT2D eigenvalue weighted by molar-refractivity contribution is 9.10. The summed E-state index contributed by atoms with van der Waals surface area (Å²) in [6.45, 7) is 0. The van der Waals surface area contributed by atoms with E-state index in [0.717, 1.165) is 12.0 Å². The molecule has 5 heteroatoms. The first-order valence-electron chi connectivity index (χ1n) is 8.42. The number of methoxy groups -OCH3 is 2. The molecule has 0 atom stereocenters. The second-order valence-electron chi connectivity index (χ2n) is 5.98. The minimum atomic E-state index is 0.163. The third kappa shape index (κ3) is 4.68. The number of phenols is 1. The molecule has 138 valence electrons. The zero-order chi connectivity index (χ0) is 19.2. The number of aromatic hydroxyl groups is 1. The Bertz CT molecular complexity index is 955. The molecule has 3 aromatic carbocycles. The van der Waals surface area contributed by atoms with Crippen LogP contribution in [0.4, 0.5) is 5.69 Å². The Hall–Kier alpha value is -2.79. The van der Waals surface area contributed by atoms with Crippen LogP contribution in [0.25, 0.3) is 0 Å². The van der Waals surface area contributed by atoms with E-state index in [9.17, 15) is 5.11 Å². The van der Waals surface area contributed by atoms with Gasteiger partial charge < -0.3 is 14.6 Å². The first kappa shape index (κ1) is 19.0. The van der Waals surface area contributed by atoms with Gasteiger partial charge in [-0.15, -0.1) is 0 Å². The van der Waals surface area contributed by atoms with E-state index < -0.39 is 0 Å². The normalized spacial score (nSPS) is 10.9. The van der Waals surface area contributed by atoms with Crippen LogP contribution in [-0.4, -0.2) is 25.5 Å². The predicted octanol–water partition coefficient (Wildman–Crippen LogP) is 5.51. The maximum Gasteiger partial charge on any atom is 0.162 e. The lowest BCUT2D eigenvalue weighted by molar-refractivity contribution is 0.355. The number of benzene rings is 3. The summed E-state index contributed by atoms with van der Waals surface area (Å²) < 4.78 is 11.2. The Balaban J connectivity index is 1.89. The van der Waals surface area contributed by atoms with Crippen molar-refractivity contribution in [2.75, 3.05) is 14.2 Å². The fraction of sp³-hybridized carbons (Fsp3) is 0.136. The topological polar surface area (TPSA) is 51.0 Å². The van der Waals surface area contributed by atoms with Gasteiger partial charge >= 0.3 is 0 Å². The van der Waals surface area contributed by atoms with Gasteiger partial charge in [0, 0.05) is 17.8 Å². The van der Waals surface area contributed by atoms with E-state index >= 15 is 0 Å². The first-order chi connectivity index (χ1) is 13.1. The van der Waals surface area contributed by atoms with E-state index in [1.807, 2.05) is 36.4 Å². The largest absolute Gasteiger partial charge is 0.506 e. The molecule has 27 heavy (non-hydrogen) atoms. The summed E-state index contributed by atoms with van der Waals surface area (Å²) in [4.78, 5) is 4.47. The van der Waals surface area contributed by atoms with Gasteiger partial charge in [0.15, 0.2) is 11.5 Å². The lowest BCUT2D eigenvalue weighted by Gasteiger charge is -2.09. The van der Waals surface area contributed by atoms with Crippen molar-refractivity contribution in [3.8, 4) is 17.2 Å². The van der Waals surface area contributed by atoms with Gasteiger partial charge in [0.1, 0.15) is 5.75 Å². The standard InChI is InChI=1S/C22H20BrNO3/c1-26-20-9-8-18(13-21(20)27-2)24-14-17-11-16(12-19(23)22(17)25)10-15-6-4-3-5-7-15/h3-9,11-14,25H,10H2,1-2H3. The van der Waals surface area contributed by atoms with Gasteiger partial charge in [-0.2, -0.15) is 0 Å². The lowest BCUT2D eigenvalue weighted by atomic mass is 10.0. The number of halogens is 1. The van der Waals surface area contributed by atoms with Gasteiger partial charge in [-0.3, -0.25) is 4.99 Å². The smallest absolute Gasteiger partial charge is 0.162 e. The number of rotatable bonds is 6. The van der Waals surface area contributed by atoms with Gasteiger partial charge in [0.05, 0.1) is 24.4 Å². The highest BCUT2D eigenvalue weighted by Gasteiger charge is 2.08. The second-order valence-corrected chi connectivity index (χ2v) is 6.83. The zero-order valence-corrected chi connectivity index (χ0v) is 16.7. The molecule has 0 radical (unpaired) electrons. The zero-order valence-electron chi connectivity index (χ0n) is 15.1. The monoisotopic (exact) mass is 425 g/mol. The van der Waals surface area contributed by atoms with Crippen LogP contribution in [0.5, 0.6) is 17.2 Å². The number of hydrogen-bond donors (Lipinski definition) is 1. The maximum atomic E-state index is 10.4. The molecular weight excluding hydrogens is 406 g/mol. The summed E-state index contributed by atoms with van der Waals surface area (Å²) in [6.07, 6.45) is 2.42. The van der Waals surface area contributed by atoms with Crippen LogP contribution in [0.15, 0.2) is 70.1 Å². The fourth-order valence-corrected chi connectivity index (χ4v) is 3.28. The highest BCUT2D eigenvalue weighted by atomic mass is 79.9. The summed E-state index contributed by atoms with van der Waals surface area (Å²) in [5.74, 6) is 1.42. The van der Waals surface area contributed by atoms with Gasteiger partial charge in [-0.25, -0.2) is 0 Å². The SMILES string of the molecule is COc1ccc(N=Cc2cc(Cc3ccccc3)cc(Br)c2O)cc1OC. The maximum absolute atomic E-state index is 10.4. The summed E-state index contributed by atoms with van der Waals surface area (Å²) in [5, 5.41) is 10.4. The molecule has 0 heterocycles. The molecule has 0 amide bonds. The van der Waals surface area contributed by atoms with Crippen LogP contribution in [0, 0.1) is 0 Å². The number of hydrogen-bond acceptors (Lipinski definition) is 4. The quantitative estimate of drug-likeness (QED) is 0.529. The lowest BCUT2D eigenvalue weighted by Crippen LogP contribution is -1.92. The van der Waals surface area contributed by atoms with Crippen LogP contribution in [-0.2, 0) is 6.42 Å². The fourth-order valence-electron chi connectivity index (χ4n) is 2.76. The summed E-state index contributed by atoms with van der Waals surface area (Å²) in [5.41, 5.74) is 3.64. The van der Waals surface area contributed by atoms with Crippen molar-refractivity contribution in [2.24, 2.45) is 4.99 Å². The molecule has 0 aromatic heterocycles. The minimum Gasteiger partial charge on any atom is -0.506 e. The molecular formula is C22H20BrNO3. The molecule has 0 bridgehead atoms. The summed E-state index contributed by atoms with van der Waals surface area (Å²) >= 11 is 3.43. The Morgan fingerprint density at radius 3 is 2.37 bits per heavy atom. The molecule has 0 saturated carbocycles. The molecule has 0 aliphatic rings. The number of ether oxygens (including phenoxy) is 2. The van der Waals surface area contributed by atoms with Crippen LogP contribution in [0.1, 0.15) is 16.7 Å². The van der Waals surface area contributed by atoms with Crippen LogP contribution < -0.4 is 9.47 Å². The van der Waals surface area contributed by atoms with Crippen molar-refractivity contribution in [1.82, 2.24) is 0 Å². The number of nitrogens with zero attached hydrogens (tertiary/aromatic N) is 1. The van der Waals surface area contributed by atoms with Crippen molar-refractivity contribution >= 4 is 27.8 Å². The van der Waals surface area contributed by atoms with E-state index in [2.05, 4.69) is 33.1 Å². The van der Waals surface area contributed by atoms with E-state index in [4.69, 9.17) is 9.47 Å². The van der Waals surface area contributed by atoms with Gasteiger partial charge in [0.2, 0.25) is 0 Å². The van der Waals surface area contributed by atoms with Crippen molar-refractivity contribution in [2.45, 2.75) is 6.42 Å². The van der Waals surface area contributed by atoms with Crippen LogP contribution in [0.2, 0.25) is 0 Å². The van der Waals surface area contributed by atoms with Crippen LogP contribution >= 0.6 is 15.9 Å². The van der Waals surface area contributed by atoms with Crippen molar-refractivity contribution in [1.29, 1.82) is 0 Å². The molecule has 0 aliphatic carbocycles. The Morgan fingerprint density at radius 1 is 0.926 bits per heavy atom. The average molecular weight is 426 g/mol. The van der Waals surface area contributed by atoms with Crippen molar-refractivity contribution in [3.63, 3.8) is 0 Å². The molecule has 0 spiro atoms. The first-order valence-corrected chi connectivity index (χ1v) is 9.21. The van der Waals surface area contributed by atoms with Crippen molar-refractivity contribution < 1.29 is 14.6 Å². The third-order valence-electron chi connectivity index (χ3n) is 4.12. The summed E-state index contributed by atoms with van der Waals surface area (Å²) in [7, 11) is 3.18. The van der Waals surface area contributed by atoms with E-state index in [1.54, 1.807) is 32.6 Å². The molecule has 0 unspecified atom stereocenters. The highest BCUT2D eigenvalue weighted by Crippen LogP contribution is 2.32. The van der Waals surface area contributed by atoms with E-state index in [0.29, 0.717) is 27.2 Å². The second kappa shape index (κ2) is 8.73.